The molecule has 0 fully saturated rings. The van der Waals surface area contributed by atoms with Gasteiger partial charge in [0.15, 0.2) is 0 Å². The quantitative estimate of drug-likeness (QED) is 0.314. The summed E-state index contributed by atoms with van der Waals surface area (Å²) in [5.41, 5.74) is 1.50. The molecule has 1 aromatic rings. The van der Waals surface area contributed by atoms with Gasteiger partial charge in [-0.05, 0) is 56.0 Å². The predicted molar refractivity (Wildman–Crippen MR) is 114 cm³/mol. The van der Waals surface area contributed by atoms with Crippen LogP contribution in [0.2, 0.25) is 0 Å². The monoisotopic (exact) mass is 384 g/mol. The summed E-state index contributed by atoms with van der Waals surface area (Å²) in [5.74, 6) is 1.46. The number of hydrogen-bond acceptors (Lipinski definition) is 0. The molecule has 25 heavy (non-hydrogen) atoms. The Labute approximate surface area is 167 Å². The van der Waals surface area contributed by atoms with Crippen molar-refractivity contribution < 1.29 is 12.4 Å². The van der Waals surface area contributed by atoms with Gasteiger partial charge in [0, 0.05) is 0 Å². The van der Waals surface area contributed by atoms with Crippen LogP contribution in [0, 0.1) is 0 Å². The van der Waals surface area contributed by atoms with Crippen molar-refractivity contribution >= 4 is 10.9 Å². The summed E-state index contributed by atoms with van der Waals surface area (Å²) in [5, 5.41) is 0.887. The van der Waals surface area contributed by atoms with Crippen LogP contribution in [-0.2, 0) is 17.3 Å². The van der Waals surface area contributed by atoms with Gasteiger partial charge in [-0.2, -0.15) is 0 Å². The largest absolute Gasteiger partial charge is 1.00 e. The van der Waals surface area contributed by atoms with Gasteiger partial charge < -0.3 is 12.4 Å². The molecule has 1 unspecified atom stereocenters. The van der Waals surface area contributed by atoms with Crippen LogP contribution in [0.1, 0.15) is 90.0 Å². The van der Waals surface area contributed by atoms with Gasteiger partial charge >= 0.3 is 0 Å². The normalized spacial score (nSPS) is 12.2. The minimum Gasteiger partial charge on any atom is -1.00 e. The molecule has 0 aliphatic carbocycles. The van der Waals surface area contributed by atoms with Crippen molar-refractivity contribution in [3.05, 3.63) is 35.9 Å². The van der Waals surface area contributed by atoms with Crippen molar-refractivity contribution in [1.29, 1.82) is 0 Å². The SMILES string of the molecule is CC(C)[S+](C)CCCCCCCCCCCCCc1ccccc1.[Cl-]. The number of halogens is 1. The number of aryl methyl sites for hydroxylation is 1. The van der Waals surface area contributed by atoms with Gasteiger partial charge in [-0.1, -0.05) is 81.7 Å². The van der Waals surface area contributed by atoms with E-state index in [1.165, 1.54) is 88.4 Å². The van der Waals surface area contributed by atoms with Gasteiger partial charge in [0.2, 0.25) is 0 Å². The average molecular weight is 385 g/mol. The van der Waals surface area contributed by atoms with Gasteiger partial charge in [-0.25, -0.2) is 0 Å². The Bertz CT molecular complexity index is 377. The zero-order valence-corrected chi connectivity index (χ0v) is 18.5. The highest BCUT2D eigenvalue weighted by Gasteiger charge is 2.14. The second-order valence-electron chi connectivity index (χ2n) is 7.57. The summed E-state index contributed by atoms with van der Waals surface area (Å²) < 4.78 is 0. The summed E-state index contributed by atoms with van der Waals surface area (Å²) in [7, 11) is 0.651. The smallest absolute Gasteiger partial charge is 0.112 e. The maximum atomic E-state index is 2.44. The first kappa shape index (κ1) is 24.9. The van der Waals surface area contributed by atoms with Crippen LogP contribution in [0.15, 0.2) is 30.3 Å². The van der Waals surface area contributed by atoms with Crippen molar-refractivity contribution in [2.45, 2.75) is 96.1 Å². The zero-order chi connectivity index (χ0) is 17.5. The Morgan fingerprint density at radius 2 is 1.12 bits per heavy atom. The maximum Gasteiger partial charge on any atom is 0.112 e. The summed E-state index contributed by atoms with van der Waals surface area (Å²) in [6, 6.07) is 10.9. The van der Waals surface area contributed by atoms with Gasteiger partial charge in [0.25, 0.3) is 0 Å². The molecular weight excluding hydrogens is 344 g/mol. The Balaban J connectivity index is 0.00000576. The van der Waals surface area contributed by atoms with E-state index in [1.807, 2.05) is 0 Å². The fourth-order valence-corrected chi connectivity index (χ4v) is 4.26. The summed E-state index contributed by atoms with van der Waals surface area (Å²) >= 11 is 0. The molecule has 0 heterocycles. The van der Waals surface area contributed by atoms with E-state index >= 15 is 0 Å². The van der Waals surface area contributed by atoms with Crippen LogP contribution < -0.4 is 12.4 Å². The third kappa shape index (κ3) is 14.7. The molecule has 1 aromatic carbocycles. The standard InChI is InChI=1S/C23H41S.ClH/c1-22(2)24(3)21-17-12-10-8-6-4-5-7-9-11-14-18-23-19-15-13-16-20-23;/h13,15-16,19-20,22H,4-12,14,17-18,21H2,1-3H3;1H/q+1;/p-1. The fraction of sp³-hybridized carbons (Fsp3) is 0.739. The molecule has 146 valence electrons. The van der Waals surface area contributed by atoms with E-state index in [1.54, 1.807) is 0 Å². The number of unbranched alkanes of at least 4 members (excludes halogenated alkanes) is 10. The maximum absolute atomic E-state index is 2.44. The minimum atomic E-state index is 0. The van der Waals surface area contributed by atoms with Crippen molar-refractivity contribution in [2.24, 2.45) is 0 Å². The van der Waals surface area contributed by atoms with Crippen molar-refractivity contribution in [3.63, 3.8) is 0 Å². The number of benzene rings is 1. The number of hydrogen-bond donors (Lipinski definition) is 0. The van der Waals surface area contributed by atoms with Crippen LogP contribution in [0.25, 0.3) is 0 Å². The third-order valence-corrected chi connectivity index (χ3v) is 7.62. The molecule has 0 amide bonds. The Kier molecular flexibility index (Phi) is 17.2. The average Bonchev–Trinajstić information content (AvgIpc) is 2.59. The first-order valence-corrected chi connectivity index (χ1v) is 12.2. The molecule has 0 saturated heterocycles. The van der Waals surface area contributed by atoms with Crippen molar-refractivity contribution in [1.82, 2.24) is 0 Å². The van der Waals surface area contributed by atoms with Crippen LogP contribution in [0.4, 0.5) is 0 Å². The molecule has 0 radical (unpaired) electrons. The molecule has 0 aliphatic heterocycles. The Morgan fingerprint density at radius 1 is 0.680 bits per heavy atom. The molecule has 0 saturated carbocycles. The van der Waals surface area contributed by atoms with E-state index in [9.17, 15) is 0 Å². The second-order valence-corrected chi connectivity index (χ2v) is 10.3. The molecule has 2 heteroatoms. The first-order valence-electron chi connectivity index (χ1n) is 10.4. The van der Waals surface area contributed by atoms with Gasteiger partial charge in [-0.3, -0.25) is 0 Å². The molecular formula is C23H41ClS. The minimum absolute atomic E-state index is 0. The fourth-order valence-electron chi connectivity index (χ4n) is 3.13. The topological polar surface area (TPSA) is 0 Å². The molecule has 0 nitrogen and oxygen atoms in total. The Morgan fingerprint density at radius 3 is 1.60 bits per heavy atom. The van der Waals surface area contributed by atoms with Crippen LogP contribution in [-0.4, -0.2) is 17.3 Å². The van der Waals surface area contributed by atoms with E-state index in [0.29, 0.717) is 10.9 Å². The van der Waals surface area contributed by atoms with Crippen molar-refractivity contribution in [2.75, 3.05) is 12.0 Å². The lowest BCUT2D eigenvalue weighted by atomic mass is 10.0. The second kappa shape index (κ2) is 17.3. The lowest BCUT2D eigenvalue weighted by Crippen LogP contribution is -3.00. The van der Waals surface area contributed by atoms with E-state index < -0.39 is 0 Å². The molecule has 0 aromatic heterocycles. The highest BCUT2D eigenvalue weighted by molar-refractivity contribution is 7.96. The van der Waals surface area contributed by atoms with E-state index in [0.717, 1.165) is 5.25 Å². The van der Waals surface area contributed by atoms with E-state index in [-0.39, 0.29) is 12.4 Å². The predicted octanol–water partition coefficient (Wildman–Crippen LogP) is 4.18. The highest BCUT2D eigenvalue weighted by atomic mass is 35.5. The first-order chi connectivity index (χ1) is 11.7. The molecule has 1 rings (SSSR count). The lowest BCUT2D eigenvalue weighted by molar-refractivity contribution is -0.00000529. The van der Waals surface area contributed by atoms with Gasteiger partial charge in [0.1, 0.15) is 11.0 Å². The van der Waals surface area contributed by atoms with Crippen molar-refractivity contribution in [3.8, 4) is 0 Å². The van der Waals surface area contributed by atoms with E-state index in [4.69, 9.17) is 0 Å². The molecule has 0 bridgehead atoms. The van der Waals surface area contributed by atoms with Crippen LogP contribution in [0.3, 0.4) is 0 Å². The lowest BCUT2D eigenvalue weighted by Gasteiger charge is -2.06. The molecule has 0 spiro atoms. The third-order valence-electron chi connectivity index (χ3n) is 5.08. The zero-order valence-electron chi connectivity index (χ0n) is 16.9. The van der Waals surface area contributed by atoms with Gasteiger partial charge in [0.05, 0.1) is 6.26 Å². The van der Waals surface area contributed by atoms with Crippen LogP contribution >= 0.6 is 0 Å². The van der Waals surface area contributed by atoms with Crippen LogP contribution in [0.5, 0.6) is 0 Å². The highest BCUT2D eigenvalue weighted by Crippen LogP contribution is 2.13. The summed E-state index contributed by atoms with van der Waals surface area (Å²) in [6.07, 6.45) is 19.6. The Hall–Kier alpha value is -0.140. The molecule has 0 aliphatic rings. The molecule has 0 N–H and O–H groups in total. The summed E-state index contributed by atoms with van der Waals surface area (Å²) in [6.45, 7) is 4.73. The molecule has 1 atom stereocenters. The summed E-state index contributed by atoms with van der Waals surface area (Å²) in [4.78, 5) is 0. The van der Waals surface area contributed by atoms with Gasteiger partial charge in [-0.15, -0.1) is 0 Å². The van der Waals surface area contributed by atoms with E-state index in [2.05, 4.69) is 50.4 Å². The number of rotatable bonds is 15.